The molecular weight excluding hydrogens is 412 g/mol. The normalized spacial score (nSPS) is 19.1. The van der Waals surface area contributed by atoms with Crippen LogP contribution < -0.4 is 15.4 Å². The first-order valence-corrected chi connectivity index (χ1v) is 11.5. The van der Waals surface area contributed by atoms with E-state index < -0.39 is 14.8 Å². The standard InChI is InChI=1S/C18H24N6O5S/c1-29-17-14(4-3-9-19-17)22-18-20-10-15(24(25)26)16(23-18)21-13-7-5-12(6-8-13)11-30(2,27)28/h3-4,9-10,12-13H,5-8,11H2,1-2H3,(H2,20,21,22,23). The summed E-state index contributed by atoms with van der Waals surface area (Å²) < 4.78 is 28.2. The number of sulfone groups is 1. The van der Waals surface area contributed by atoms with Gasteiger partial charge in [-0.1, -0.05) is 0 Å². The number of hydrogen-bond acceptors (Lipinski definition) is 10. The molecule has 0 aliphatic heterocycles. The van der Waals surface area contributed by atoms with Crippen molar-refractivity contribution in [2.75, 3.05) is 29.8 Å². The predicted molar refractivity (Wildman–Crippen MR) is 112 cm³/mol. The first kappa shape index (κ1) is 21.7. The fourth-order valence-electron chi connectivity index (χ4n) is 3.54. The number of nitro groups is 1. The van der Waals surface area contributed by atoms with Gasteiger partial charge in [-0.25, -0.2) is 18.4 Å². The van der Waals surface area contributed by atoms with Crippen molar-refractivity contribution < 1.29 is 18.1 Å². The number of anilines is 3. The molecule has 0 bridgehead atoms. The molecule has 30 heavy (non-hydrogen) atoms. The summed E-state index contributed by atoms with van der Waals surface area (Å²) in [4.78, 5) is 23.3. The van der Waals surface area contributed by atoms with Crippen LogP contribution in [-0.4, -0.2) is 53.5 Å². The summed E-state index contributed by atoms with van der Waals surface area (Å²) in [7, 11) is -1.53. The summed E-state index contributed by atoms with van der Waals surface area (Å²) >= 11 is 0. The minimum atomic E-state index is -3.01. The highest BCUT2D eigenvalue weighted by Crippen LogP contribution is 2.31. The molecule has 2 N–H and O–H groups in total. The zero-order valence-corrected chi connectivity index (χ0v) is 17.6. The second kappa shape index (κ2) is 9.20. The van der Waals surface area contributed by atoms with Crippen LogP contribution in [0.15, 0.2) is 24.5 Å². The van der Waals surface area contributed by atoms with Crippen LogP contribution in [0.3, 0.4) is 0 Å². The van der Waals surface area contributed by atoms with Gasteiger partial charge in [-0.3, -0.25) is 10.1 Å². The van der Waals surface area contributed by atoms with Crippen LogP contribution in [0.5, 0.6) is 5.88 Å². The summed E-state index contributed by atoms with van der Waals surface area (Å²) in [6, 6.07) is 3.41. The molecule has 0 spiro atoms. The van der Waals surface area contributed by atoms with Crippen LogP contribution in [-0.2, 0) is 9.84 Å². The maximum Gasteiger partial charge on any atom is 0.329 e. The molecule has 0 unspecified atom stereocenters. The van der Waals surface area contributed by atoms with E-state index in [0.717, 1.165) is 19.0 Å². The number of pyridine rings is 1. The Morgan fingerprint density at radius 1 is 1.27 bits per heavy atom. The quantitative estimate of drug-likeness (QED) is 0.467. The van der Waals surface area contributed by atoms with Gasteiger partial charge in [-0.15, -0.1) is 0 Å². The van der Waals surface area contributed by atoms with E-state index in [1.807, 2.05) is 0 Å². The molecular formula is C18H24N6O5S. The number of rotatable bonds is 8. The van der Waals surface area contributed by atoms with E-state index in [4.69, 9.17) is 4.74 Å². The molecule has 1 aliphatic rings. The van der Waals surface area contributed by atoms with E-state index in [9.17, 15) is 18.5 Å². The molecule has 1 aliphatic carbocycles. The molecule has 3 rings (SSSR count). The van der Waals surface area contributed by atoms with Crippen molar-refractivity contribution in [3.8, 4) is 5.88 Å². The van der Waals surface area contributed by atoms with E-state index in [-0.39, 0.29) is 35.2 Å². The van der Waals surface area contributed by atoms with Gasteiger partial charge in [-0.05, 0) is 43.7 Å². The van der Waals surface area contributed by atoms with Crippen LogP contribution >= 0.6 is 0 Å². The van der Waals surface area contributed by atoms with Crippen LogP contribution in [0.25, 0.3) is 0 Å². The summed E-state index contributed by atoms with van der Waals surface area (Å²) in [6.45, 7) is 0. The smallest absolute Gasteiger partial charge is 0.329 e. The summed E-state index contributed by atoms with van der Waals surface area (Å²) in [5, 5.41) is 17.5. The van der Waals surface area contributed by atoms with Crippen molar-refractivity contribution in [2.24, 2.45) is 5.92 Å². The van der Waals surface area contributed by atoms with Gasteiger partial charge in [0.1, 0.15) is 21.7 Å². The Balaban J connectivity index is 1.73. The molecule has 0 amide bonds. The van der Waals surface area contributed by atoms with Gasteiger partial charge < -0.3 is 15.4 Å². The Kier molecular flexibility index (Phi) is 6.65. The molecule has 0 saturated heterocycles. The topological polar surface area (TPSA) is 149 Å². The monoisotopic (exact) mass is 436 g/mol. The predicted octanol–water partition coefficient (Wildman–Crippen LogP) is 2.55. The van der Waals surface area contributed by atoms with Gasteiger partial charge in [-0.2, -0.15) is 4.98 Å². The number of methoxy groups -OCH3 is 1. The highest BCUT2D eigenvalue weighted by Gasteiger charge is 2.26. The van der Waals surface area contributed by atoms with Crippen molar-refractivity contribution in [3.63, 3.8) is 0 Å². The Morgan fingerprint density at radius 3 is 2.63 bits per heavy atom. The molecule has 11 nitrogen and oxygen atoms in total. The molecule has 12 heteroatoms. The van der Waals surface area contributed by atoms with E-state index in [1.54, 1.807) is 18.3 Å². The van der Waals surface area contributed by atoms with Crippen molar-refractivity contribution in [1.29, 1.82) is 0 Å². The Labute approximate surface area is 174 Å². The van der Waals surface area contributed by atoms with Gasteiger partial charge >= 0.3 is 5.69 Å². The Bertz CT molecular complexity index is 1010. The highest BCUT2D eigenvalue weighted by molar-refractivity contribution is 7.90. The molecule has 2 heterocycles. The van der Waals surface area contributed by atoms with Gasteiger partial charge in [0.05, 0.1) is 17.8 Å². The zero-order valence-electron chi connectivity index (χ0n) is 16.7. The minimum Gasteiger partial charge on any atom is -0.480 e. The Morgan fingerprint density at radius 2 is 2.00 bits per heavy atom. The molecule has 1 saturated carbocycles. The summed E-state index contributed by atoms with van der Waals surface area (Å²) in [6.07, 6.45) is 6.86. The van der Waals surface area contributed by atoms with Gasteiger partial charge in [0.25, 0.3) is 0 Å². The fraction of sp³-hybridized carbons (Fsp3) is 0.500. The maximum atomic E-state index is 11.5. The van der Waals surface area contributed by atoms with E-state index >= 15 is 0 Å². The first-order chi connectivity index (χ1) is 14.2. The van der Waals surface area contributed by atoms with Crippen molar-refractivity contribution in [2.45, 2.75) is 31.7 Å². The third-order valence-corrected chi connectivity index (χ3v) is 5.98. The number of aromatic nitrogens is 3. The molecule has 0 radical (unpaired) electrons. The lowest BCUT2D eigenvalue weighted by Crippen LogP contribution is -2.29. The molecule has 0 aromatic carbocycles. The fourth-order valence-corrected chi connectivity index (χ4v) is 4.73. The van der Waals surface area contributed by atoms with Crippen LogP contribution in [0.1, 0.15) is 25.7 Å². The molecule has 2 aromatic rings. The van der Waals surface area contributed by atoms with Crippen LogP contribution in [0.2, 0.25) is 0 Å². The van der Waals surface area contributed by atoms with Crippen molar-refractivity contribution in [3.05, 3.63) is 34.6 Å². The first-order valence-electron chi connectivity index (χ1n) is 9.47. The third kappa shape index (κ3) is 5.75. The lowest BCUT2D eigenvalue weighted by Gasteiger charge is -2.28. The maximum absolute atomic E-state index is 11.5. The van der Waals surface area contributed by atoms with Crippen molar-refractivity contribution in [1.82, 2.24) is 15.0 Å². The van der Waals surface area contributed by atoms with E-state index in [1.165, 1.54) is 13.4 Å². The van der Waals surface area contributed by atoms with E-state index in [2.05, 4.69) is 25.6 Å². The number of nitrogens with one attached hydrogen (secondary N) is 2. The highest BCUT2D eigenvalue weighted by atomic mass is 32.2. The van der Waals surface area contributed by atoms with Gasteiger partial charge in [0, 0.05) is 18.5 Å². The second-order valence-corrected chi connectivity index (χ2v) is 9.51. The average Bonchev–Trinajstić information content (AvgIpc) is 2.69. The number of ether oxygens (including phenoxy) is 1. The molecule has 2 aromatic heterocycles. The minimum absolute atomic E-state index is 0.0322. The lowest BCUT2D eigenvalue weighted by atomic mass is 9.87. The Hall–Kier alpha value is -3.02. The largest absolute Gasteiger partial charge is 0.480 e. The second-order valence-electron chi connectivity index (χ2n) is 7.32. The summed E-state index contributed by atoms with van der Waals surface area (Å²) in [5.74, 6) is 0.924. The summed E-state index contributed by atoms with van der Waals surface area (Å²) in [5.41, 5.74) is 0.304. The third-order valence-electron chi connectivity index (χ3n) is 4.90. The zero-order chi connectivity index (χ0) is 21.7. The van der Waals surface area contributed by atoms with Crippen LogP contribution in [0.4, 0.5) is 23.1 Å². The molecule has 1 fully saturated rings. The molecule has 162 valence electrons. The van der Waals surface area contributed by atoms with Crippen molar-refractivity contribution >= 4 is 33.0 Å². The van der Waals surface area contributed by atoms with Gasteiger partial charge in [0.15, 0.2) is 0 Å². The average molecular weight is 436 g/mol. The lowest BCUT2D eigenvalue weighted by molar-refractivity contribution is -0.384. The number of hydrogen-bond donors (Lipinski definition) is 2. The van der Waals surface area contributed by atoms with Crippen LogP contribution in [0, 0.1) is 16.0 Å². The SMILES string of the molecule is COc1ncccc1Nc1ncc([N+](=O)[O-])c(NC2CCC(CS(C)(=O)=O)CC2)n1. The van der Waals surface area contributed by atoms with Gasteiger partial charge in [0.2, 0.25) is 17.6 Å². The molecule has 0 atom stereocenters. The van der Waals surface area contributed by atoms with E-state index in [0.29, 0.717) is 24.4 Å². The number of nitrogens with zero attached hydrogens (tertiary/aromatic N) is 4.